The Morgan fingerprint density at radius 1 is 1.11 bits per heavy atom. The number of hydrogen-bond donors (Lipinski definition) is 1. The predicted molar refractivity (Wildman–Crippen MR) is 73.7 cm³/mol. The van der Waals surface area contributed by atoms with Gasteiger partial charge in [-0.05, 0) is 36.4 Å². The average molecular weight is 275 g/mol. The number of halogens is 1. The number of hydrogen-bond acceptors (Lipinski definition) is 3. The van der Waals surface area contributed by atoms with Crippen molar-refractivity contribution < 1.29 is 14.3 Å². The maximum atomic E-state index is 9.69. The minimum Gasteiger partial charge on any atom is -0.507 e. The minimum absolute atomic E-state index is 0.204. The third-order valence-corrected chi connectivity index (χ3v) is 3.00. The third-order valence-electron chi connectivity index (χ3n) is 2.77. The molecule has 0 aliphatic heterocycles. The van der Waals surface area contributed by atoms with Gasteiger partial charge in [0.25, 0.3) is 0 Å². The molecule has 0 unspecified atom stereocenters. The van der Waals surface area contributed by atoms with Gasteiger partial charge in [0.1, 0.15) is 29.4 Å². The Labute approximate surface area is 115 Å². The van der Waals surface area contributed by atoms with Gasteiger partial charge in [-0.2, -0.15) is 0 Å². The molecule has 19 heavy (non-hydrogen) atoms. The van der Waals surface area contributed by atoms with Crippen molar-refractivity contribution in [3.05, 3.63) is 59.3 Å². The van der Waals surface area contributed by atoms with E-state index in [9.17, 15) is 5.11 Å². The number of furan rings is 1. The van der Waals surface area contributed by atoms with E-state index >= 15 is 0 Å². The first-order valence-electron chi connectivity index (χ1n) is 5.81. The molecule has 0 spiro atoms. The SMILES string of the molecule is Oc1cccc2oc(COc3cccc(Cl)c3)cc12. The molecule has 1 N–H and O–H groups in total. The van der Waals surface area contributed by atoms with E-state index in [-0.39, 0.29) is 12.4 Å². The molecule has 2 aromatic carbocycles. The summed E-state index contributed by atoms with van der Waals surface area (Å²) in [5.74, 6) is 1.53. The molecule has 0 saturated heterocycles. The maximum absolute atomic E-state index is 9.69. The van der Waals surface area contributed by atoms with Gasteiger partial charge in [0.05, 0.1) is 5.39 Å². The fraction of sp³-hybridized carbons (Fsp3) is 0.0667. The van der Waals surface area contributed by atoms with Gasteiger partial charge in [-0.3, -0.25) is 0 Å². The van der Waals surface area contributed by atoms with Crippen LogP contribution in [0.3, 0.4) is 0 Å². The zero-order valence-electron chi connectivity index (χ0n) is 9.97. The van der Waals surface area contributed by atoms with Crippen molar-refractivity contribution in [2.45, 2.75) is 6.61 Å². The summed E-state index contributed by atoms with van der Waals surface area (Å²) in [5, 5.41) is 11.0. The Kier molecular flexibility index (Phi) is 3.05. The molecule has 0 radical (unpaired) electrons. The van der Waals surface area contributed by atoms with E-state index in [1.807, 2.05) is 12.1 Å². The molecule has 0 bridgehead atoms. The summed E-state index contributed by atoms with van der Waals surface area (Å²) >= 11 is 5.88. The lowest BCUT2D eigenvalue weighted by Crippen LogP contribution is -1.93. The highest BCUT2D eigenvalue weighted by molar-refractivity contribution is 6.30. The van der Waals surface area contributed by atoms with E-state index in [1.165, 1.54) is 0 Å². The lowest BCUT2D eigenvalue weighted by atomic mass is 10.2. The molecule has 96 valence electrons. The van der Waals surface area contributed by atoms with Crippen LogP contribution in [-0.4, -0.2) is 5.11 Å². The molecule has 0 saturated carbocycles. The van der Waals surface area contributed by atoms with Crippen LogP contribution in [0.25, 0.3) is 11.0 Å². The highest BCUT2D eigenvalue weighted by Gasteiger charge is 2.07. The van der Waals surface area contributed by atoms with Crippen molar-refractivity contribution >= 4 is 22.6 Å². The van der Waals surface area contributed by atoms with Crippen LogP contribution in [0.1, 0.15) is 5.76 Å². The predicted octanol–water partition coefficient (Wildman–Crippen LogP) is 4.37. The summed E-state index contributed by atoms with van der Waals surface area (Å²) in [6.07, 6.45) is 0. The number of phenols is 1. The third kappa shape index (κ3) is 2.51. The quantitative estimate of drug-likeness (QED) is 0.771. The van der Waals surface area contributed by atoms with Crippen LogP contribution in [0.2, 0.25) is 5.02 Å². The molecular weight excluding hydrogens is 264 g/mol. The molecule has 0 aliphatic carbocycles. The van der Waals surface area contributed by atoms with Gasteiger partial charge in [0.15, 0.2) is 0 Å². The summed E-state index contributed by atoms with van der Waals surface area (Å²) in [5.41, 5.74) is 0.643. The fourth-order valence-corrected chi connectivity index (χ4v) is 2.06. The van der Waals surface area contributed by atoms with E-state index in [0.717, 1.165) is 0 Å². The Bertz CT molecular complexity index is 718. The van der Waals surface area contributed by atoms with Crippen molar-refractivity contribution in [3.63, 3.8) is 0 Å². The van der Waals surface area contributed by atoms with Crippen molar-refractivity contribution in [2.24, 2.45) is 0 Å². The molecular formula is C15H11ClO3. The molecule has 0 aliphatic rings. The number of benzene rings is 2. The zero-order chi connectivity index (χ0) is 13.2. The van der Waals surface area contributed by atoms with Gasteiger partial charge in [-0.1, -0.05) is 23.7 Å². The largest absolute Gasteiger partial charge is 0.507 e. The van der Waals surface area contributed by atoms with Gasteiger partial charge < -0.3 is 14.3 Å². The first-order valence-corrected chi connectivity index (χ1v) is 6.19. The van der Waals surface area contributed by atoms with Crippen LogP contribution in [0, 0.1) is 0 Å². The second-order valence-electron chi connectivity index (χ2n) is 4.15. The van der Waals surface area contributed by atoms with Gasteiger partial charge in [-0.25, -0.2) is 0 Å². The monoisotopic (exact) mass is 274 g/mol. The Hall–Kier alpha value is -2.13. The molecule has 4 heteroatoms. The second-order valence-corrected chi connectivity index (χ2v) is 4.58. The standard InChI is InChI=1S/C15H11ClO3/c16-10-3-1-4-11(7-10)18-9-12-8-13-14(17)5-2-6-15(13)19-12/h1-8,17H,9H2. The van der Waals surface area contributed by atoms with Gasteiger partial charge in [-0.15, -0.1) is 0 Å². The Balaban J connectivity index is 1.80. The summed E-state index contributed by atoms with van der Waals surface area (Å²) in [7, 11) is 0. The highest BCUT2D eigenvalue weighted by atomic mass is 35.5. The lowest BCUT2D eigenvalue weighted by molar-refractivity contribution is 0.274. The maximum Gasteiger partial charge on any atom is 0.146 e. The van der Waals surface area contributed by atoms with Crippen LogP contribution >= 0.6 is 11.6 Å². The number of ether oxygens (including phenoxy) is 1. The van der Waals surface area contributed by atoms with Crippen LogP contribution < -0.4 is 4.74 Å². The van der Waals surface area contributed by atoms with Crippen LogP contribution in [-0.2, 0) is 6.61 Å². The van der Waals surface area contributed by atoms with Crippen LogP contribution in [0.4, 0.5) is 0 Å². The summed E-state index contributed by atoms with van der Waals surface area (Å²) < 4.78 is 11.2. The lowest BCUT2D eigenvalue weighted by Gasteiger charge is -2.03. The van der Waals surface area contributed by atoms with E-state index in [2.05, 4.69) is 0 Å². The summed E-state index contributed by atoms with van der Waals surface area (Å²) in [4.78, 5) is 0. The van der Waals surface area contributed by atoms with Gasteiger partial charge >= 0.3 is 0 Å². The first-order chi connectivity index (χ1) is 9.22. The van der Waals surface area contributed by atoms with Crippen LogP contribution in [0.5, 0.6) is 11.5 Å². The van der Waals surface area contributed by atoms with Crippen LogP contribution in [0.15, 0.2) is 52.9 Å². The van der Waals surface area contributed by atoms with Gasteiger partial charge in [0, 0.05) is 5.02 Å². The van der Waals surface area contributed by atoms with E-state index in [4.69, 9.17) is 20.8 Å². The zero-order valence-corrected chi connectivity index (χ0v) is 10.7. The van der Waals surface area contributed by atoms with Crippen molar-refractivity contribution in [1.82, 2.24) is 0 Å². The number of phenolic OH excluding ortho intramolecular Hbond substituents is 1. The second kappa shape index (κ2) is 4.86. The molecule has 0 amide bonds. The summed E-state index contributed by atoms with van der Waals surface area (Å²) in [6.45, 7) is 0.286. The van der Waals surface area contributed by atoms with Crippen molar-refractivity contribution in [1.29, 1.82) is 0 Å². The number of fused-ring (bicyclic) bond motifs is 1. The number of aromatic hydroxyl groups is 1. The molecule has 1 heterocycles. The highest BCUT2D eigenvalue weighted by Crippen LogP contribution is 2.28. The Morgan fingerprint density at radius 3 is 2.74 bits per heavy atom. The van der Waals surface area contributed by atoms with Gasteiger partial charge in [0.2, 0.25) is 0 Å². The average Bonchev–Trinajstić information content (AvgIpc) is 2.81. The first kappa shape index (κ1) is 11.9. The minimum atomic E-state index is 0.204. The Morgan fingerprint density at radius 2 is 1.95 bits per heavy atom. The number of rotatable bonds is 3. The molecule has 1 aromatic heterocycles. The molecule has 3 rings (SSSR count). The van der Waals surface area contributed by atoms with E-state index < -0.39 is 0 Å². The van der Waals surface area contributed by atoms with E-state index in [1.54, 1.807) is 36.4 Å². The smallest absolute Gasteiger partial charge is 0.146 e. The molecule has 3 nitrogen and oxygen atoms in total. The van der Waals surface area contributed by atoms with E-state index in [0.29, 0.717) is 27.5 Å². The van der Waals surface area contributed by atoms with Crippen molar-refractivity contribution in [2.75, 3.05) is 0 Å². The topological polar surface area (TPSA) is 42.6 Å². The molecule has 0 fully saturated rings. The van der Waals surface area contributed by atoms with Crippen molar-refractivity contribution in [3.8, 4) is 11.5 Å². The summed E-state index contributed by atoms with van der Waals surface area (Å²) in [6, 6.07) is 14.1. The molecule has 3 aromatic rings. The molecule has 0 atom stereocenters. The fourth-order valence-electron chi connectivity index (χ4n) is 1.88. The normalized spacial score (nSPS) is 10.8.